The molecule has 0 radical (unpaired) electrons. The fourth-order valence-corrected chi connectivity index (χ4v) is 1.44. The fraction of sp³-hybridized carbons (Fsp3) is 0.0909. The van der Waals surface area contributed by atoms with Gasteiger partial charge in [-0.05, 0) is 5.56 Å². The third-order valence-electron chi connectivity index (χ3n) is 2.22. The summed E-state index contributed by atoms with van der Waals surface area (Å²) in [4.78, 5) is 23.9. The highest BCUT2D eigenvalue weighted by atomic mass is 16.2. The molecule has 1 aliphatic heterocycles. The van der Waals surface area contributed by atoms with Gasteiger partial charge in [0.15, 0.2) is 0 Å². The number of imide groups is 1. The quantitative estimate of drug-likeness (QED) is 0.706. The maximum absolute atomic E-state index is 11.4. The van der Waals surface area contributed by atoms with Gasteiger partial charge in [-0.25, -0.2) is 0 Å². The van der Waals surface area contributed by atoms with Gasteiger partial charge in [-0.3, -0.25) is 14.5 Å². The van der Waals surface area contributed by atoms with E-state index in [4.69, 9.17) is 5.73 Å². The molecular weight excluding hydrogens is 192 g/mol. The molecule has 0 aliphatic carbocycles. The predicted molar refractivity (Wildman–Crippen MR) is 54.3 cm³/mol. The molecular formula is C11H10N2O2. The lowest BCUT2D eigenvalue weighted by atomic mass is 10.2. The number of benzene rings is 1. The fourth-order valence-electron chi connectivity index (χ4n) is 1.44. The largest absolute Gasteiger partial charge is 0.394 e. The maximum atomic E-state index is 11.4. The zero-order valence-electron chi connectivity index (χ0n) is 8.01. The normalized spacial score (nSPS) is 15.7. The summed E-state index contributed by atoms with van der Waals surface area (Å²) in [5.74, 6) is -0.759. The van der Waals surface area contributed by atoms with Gasteiger partial charge in [0.25, 0.3) is 11.8 Å². The minimum Gasteiger partial charge on any atom is -0.394 e. The summed E-state index contributed by atoms with van der Waals surface area (Å²) in [7, 11) is 0. The Hall–Kier alpha value is -2.10. The second-order valence-corrected chi connectivity index (χ2v) is 3.31. The Morgan fingerprint density at radius 2 is 1.80 bits per heavy atom. The molecule has 0 atom stereocenters. The van der Waals surface area contributed by atoms with E-state index in [9.17, 15) is 9.59 Å². The molecule has 1 aromatic rings. The van der Waals surface area contributed by atoms with E-state index in [1.54, 1.807) is 0 Å². The Morgan fingerprint density at radius 3 is 2.33 bits per heavy atom. The standard InChI is InChI=1S/C11H10N2O2/c12-9-6-10(14)13(11(9)15)7-8-4-2-1-3-5-8/h1-6H,7,12H2. The number of carbonyl (C=O) groups excluding carboxylic acids is 2. The number of amides is 2. The van der Waals surface area contributed by atoms with E-state index in [1.165, 1.54) is 0 Å². The van der Waals surface area contributed by atoms with Crippen LogP contribution in [0.3, 0.4) is 0 Å². The van der Waals surface area contributed by atoms with Crippen molar-refractivity contribution in [3.63, 3.8) is 0 Å². The van der Waals surface area contributed by atoms with Crippen LogP contribution in [-0.4, -0.2) is 16.7 Å². The first-order valence-electron chi connectivity index (χ1n) is 4.55. The highest BCUT2D eigenvalue weighted by Gasteiger charge is 2.28. The number of rotatable bonds is 2. The predicted octanol–water partition coefficient (Wildman–Crippen LogP) is 0.398. The van der Waals surface area contributed by atoms with Gasteiger partial charge in [0.05, 0.1) is 6.54 Å². The zero-order chi connectivity index (χ0) is 10.8. The lowest BCUT2D eigenvalue weighted by Gasteiger charge is -2.13. The summed E-state index contributed by atoms with van der Waals surface area (Å²) < 4.78 is 0. The Morgan fingerprint density at radius 1 is 1.13 bits per heavy atom. The van der Waals surface area contributed by atoms with Crippen LogP contribution in [0.5, 0.6) is 0 Å². The van der Waals surface area contributed by atoms with Crippen molar-refractivity contribution in [1.82, 2.24) is 4.90 Å². The van der Waals surface area contributed by atoms with Crippen LogP contribution in [0.1, 0.15) is 5.56 Å². The molecule has 0 saturated carbocycles. The molecule has 0 bridgehead atoms. The summed E-state index contributed by atoms with van der Waals surface area (Å²) >= 11 is 0. The Balaban J connectivity index is 2.15. The van der Waals surface area contributed by atoms with E-state index in [1.807, 2.05) is 30.3 Å². The van der Waals surface area contributed by atoms with E-state index in [-0.39, 0.29) is 18.1 Å². The summed E-state index contributed by atoms with van der Waals surface area (Å²) in [6, 6.07) is 9.31. The van der Waals surface area contributed by atoms with Gasteiger partial charge < -0.3 is 5.73 Å². The molecule has 4 nitrogen and oxygen atoms in total. The molecule has 1 aromatic carbocycles. The number of hydrogen-bond acceptors (Lipinski definition) is 3. The first-order valence-corrected chi connectivity index (χ1v) is 4.55. The minimum absolute atomic E-state index is 0.0101. The molecule has 1 heterocycles. The van der Waals surface area contributed by atoms with Crippen LogP contribution in [0, 0.1) is 0 Å². The Bertz CT molecular complexity index is 437. The molecule has 0 saturated heterocycles. The zero-order valence-corrected chi connectivity index (χ0v) is 8.01. The lowest BCUT2D eigenvalue weighted by Crippen LogP contribution is -2.31. The van der Waals surface area contributed by atoms with Crippen LogP contribution in [0.4, 0.5) is 0 Å². The molecule has 76 valence electrons. The van der Waals surface area contributed by atoms with Crippen molar-refractivity contribution < 1.29 is 9.59 Å². The van der Waals surface area contributed by atoms with Crippen LogP contribution in [-0.2, 0) is 16.1 Å². The highest BCUT2D eigenvalue weighted by Crippen LogP contribution is 2.12. The molecule has 0 spiro atoms. The average molecular weight is 202 g/mol. The second-order valence-electron chi connectivity index (χ2n) is 3.31. The van der Waals surface area contributed by atoms with E-state index in [2.05, 4.69) is 0 Å². The number of nitrogens with zero attached hydrogens (tertiary/aromatic N) is 1. The van der Waals surface area contributed by atoms with E-state index < -0.39 is 5.91 Å². The molecule has 0 unspecified atom stereocenters. The maximum Gasteiger partial charge on any atom is 0.277 e. The lowest BCUT2D eigenvalue weighted by molar-refractivity contribution is -0.137. The summed E-state index contributed by atoms with van der Waals surface area (Å²) in [6.07, 6.45) is 1.16. The van der Waals surface area contributed by atoms with Crippen molar-refractivity contribution in [3.8, 4) is 0 Å². The van der Waals surface area contributed by atoms with Gasteiger partial charge >= 0.3 is 0 Å². The van der Waals surface area contributed by atoms with Gasteiger partial charge in [0.1, 0.15) is 5.70 Å². The van der Waals surface area contributed by atoms with Crippen LogP contribution >= 0.6 is 0 Å². The first kappa shape index (κ1) is 9.45. The monoisotopic (exact) mass is 202 g/mol. The topological polar surface area (TPSA) is 63.4 Å². The molecule has 1 aliphatic rings. The van der Waals surface area contributed by atoms with E-state index in [0.29, 0.717) is 0 Å². The highest BCUT2D eigenvalue weighted by molar-refractivity contribution is 6.15. The van der Waals surface area contributed by atoms with Crippen molar-refractivity contribution in [1.29, 1.82) is 0 Å². The van der Waals surface area contributed by atoms with E-state index >= 15 is 0 Å². The number of hydrogen-bond donors (Lipinski definition) is 1. The summed E-state index contributed by atoms with van der Waals surface area (Å²) in [5.41, 5.74) is 6.28. The van der Waals surface area contributed by atoms with Crippen LogP contribution in [0.2, 0.25) is 0 Å². The molecule has 0 fully saturated rings. The van der Waals surface area contributed by atoms with Crippen molar-refractivity contribution in [2.75, 3.05) is 0 Å². The summed E-state index contributed by atoms with van der Waals surface area (Å²) in [6.45, 7) is 0.274. The SMILES string of the molecule is NC1=CC(=O)N(Cc2ccccc2)C1=O. The Kier molecular flexibility index (Phi) is 2.25. The van der Waals surface area contributed by atoms with Gasteiger partial charge in [-0.2, -0.15) is 0 Å². The molecule has 15 heavy (non-hydrogen) atoms. The third-order valence-corrected chi connectivity index (χ3v) is 2.22. The van der Waals surface area contributed by atoms with Crippen molar-refractivity contribution in [2.24, 2.45) is 5.73 Å². The molecule has 2 N–H and O–H groups in total. The van der Waals surface area contributed by atoms with Crippen LogP contribution < -0.4 is 5.73 Å². The molecule has 0 aromatic heterocycles. The minimum atomic E-state index is -0.413. The molecule has 2 amide bonds. The van der Waals surface area contributed by atoms with Crippen molar-refractivity contribution in [2.45, 2.75) is 6.54 Å². The number of nitrogens with two attached hydrogens (primary N) is 1. The molecule has 4 heteroatoms. The molecule has 2 rings (SSSR count). The Labute approximate surface area is 87.0 Å². The van der Waals surface area contributed by atoms with Gasteiger partial charge in [-0.15, -0.1) is 0 Å². The third kappa shape index (κ3) is 1.74. The number of carbonyl (C=O) groups is 2. The summed E-state index contributed by atoms with van der Waals surface area (Å²) in [5, 5.41) is 0. The van der Waals surface area contributed by atoms with Gasteiger partial charge in [0, 0.05) is 6.08 Å². The second kappa shape index (κ2) is 3.57. The smallest absolute Gasteiger partial charge is 0.277 e. The van der Waals surface area contributed by atoms with Gasteiger partial charge in [0.2, 0.25) is 0 Å². The van der Waals surface area contributed by atoms with Crippen LogP contribution in [0.15, 0.2) is 42.1 Å². The average Bonchev–Trinajstić information content (AvgIpc) is 2.47. The van der Waals surface area contributed by atoms with E-state index in [0.717, 1.165) is 16.5 Å². The van der Waals surface area contributed by atoms with Crippen molar-refractivity contribution in [3.05, 3.63) is 47.7 Å². The van der Waals surface area contributed by atoms with Crippen molar-refractivity contribution >= 4 is 11.8 Å². The van der Waals surface area contributed by atoms with Gasteiger partial charge in [-0.1, -0.05) is 30.3 Å². The first-order chi connectivity index (χ1) is 7.18. The van der Waals surface area contributed by atoms with Crippen LogP contribution in [0.25, 0.3) is 0 Å².